The van der Waals surface area contributed by atoms with E-state index in [-0.39, 0.29) is 30.0 Å². The Morgan fingerprint density at radius 2 is 1.90 bits per heavy atom. The zero-order chi connectivity index (χ0) is 26.9. The molecular weight excluding hydrogens is 515 g/mol. The summed E-state index contributed by atoms with van der Waals surface area (Å²) in [5, 5.41) is 2.75. The summed E-state index contributed by atoms with van der Waals surface area (Å²) in [7, 11) is -1.23. The summed E-state index contributed by atoms with van der Waals surface area (Å²) in [4.78, 5) is 29.8. The van der Waals surface area contributed by atoms with Crippen LogP contribution in [0.25, 0.3) is 0 Å². The van der Waals surface area contributed by atoms with Gasteiger partial charge in [0.15, 0.2) is 0 Å². The van der Waals surface area contributed by atoms with Crippen LogP contribution in [0, 0.1) is 6.92 Å². The summed E-state index contributed by atoms with van der Waals surface area (Å²) >= 11 is 0. The number of nitrogens with one attached hydrogen (secondary N) is 1. The number of aryl methyl sites for hydroxylation is 1. The van der Waals surface area contributed by atoms with Gasteiger partial charge in [0.1, 0.15) is 18.1 Å². The van der Waals surface area contributed by atoms with Crippen LogP contribution in [0.4, 0.5) is 5.82 Å². The highest BCUT2D eigenvalue weighted by Crippen LogP contribution is 2.61. The van der Waals surface area contributed by atoms with Gasteiger partial charge in [0.2, 0.25) is 0 Å². The Hall–Kier alpha value is -2.94. The van der Waals surface area contributed by atoms with Crippen molar-refractivity contribution in [1.29, 1.82) is 0 Å². The first-order chi connectivity index (χ1) is 19.0. The van der Waals surface area contributed by atoms with E-state index < -0.39 is 20.4 Å². The maximum absolute atomic E-state index is 13.0. The number of ether oxygens (including phenoxy) is 1. The monoisotopic (exact) mass is 548 g/mol. The number of carbonyl (C=O) groups excluding carboxylic acids is 1. The van der Waals surface area contributed by atoms with Crippen molar-refractivity contribution >= 4 is 20.3 Å². The molecule has 0 saturated carbocycles. The van der Waals surface area contributed by atoms with Gasteiger partial charge in [-0.3, -0.25) is 9.36 Å². The van der Waals surface area contributed by atoms with Gasteiger partial charge in [-0.05, 0) is 43.9 Å². The molecule has 0 bridgehead atoms. The molecule has 9 nitrogen and oxygen atoms in total. The van der Waals surface area contributed by atoms with Gasteiger partial charge in [0.05, 0.1) is 12.2 Å². The van der Waals surface area contributed by atoms with Crippen LogP contribution in [0.1, 0.15) is 66.4 Å². The number of aromatic nitrogens is 2. The molecule has 10 heteroatoms. The summed E-state index contributed by atoms with van der Waals surface area (Å²) in [6, 6.07) is 19.5. The van der Waals surface area contributed by atoms with Crippen LogP contribution in [-0.2, 0) is 13.8 Å². The Kier molecular flexibility index (Phi) is 7.60. The molecule has 3 fully saturated rings. The van der Waals surface area contributed by atoms with Gasteiger partial charge < -0.3 is 19.1 Å². The number of amides is 1. The SMILES string of the molecule is CC[C@H]1O[C@@H](n2cc(C)c(NC(=O)c3ccccc3)nc2=O)CC1O[P@@]1O[C@H](c2ccccc2)[C@@H]2CCCN21. The fourth-order valence-corrected chi connectivity index (χ4v) is 7.64. The Bertz CT molecular complexity index is 1370. The van der Waals surface area contributed by atoms with Gasteiger partial charge >= 0.3 is 5.69 Å². The molecule has 3 aromatic rings. The van der Waals surface area contributed by atoms with Crippen molar-refractivity contribution in [2.75, 3.05) is 11.9 Å². The molecule has 1 amide bonds. The van der Waals surface area contributed by atoms with Gasteiger partial charge in [-0.25, -0.2) is 9.46 Å². The highest BCUT2D eigenvalue weighted by Gasteiger charge is 2.49. The molecule has 3 aliphatic rings. The molecule has 2 aromatic carbocycles. The second-order valence-electron chi connectivity index (χ2n) is 10.2. The zero-order valence-corrected chi connectivity index (χ0v) is 23.0. The molecule has 1 aromatic heterocycles. The fraction of sp³-hybridized carbons (Fsp3) is 0.414. The van der Waals surface area contributed by atoms with Crippen molar-refractivity contribution in [1.82, 2.24) is 14.2 Å². The maximum atomic E-state index is 13.0. The van der Waals surface area contributed by atoms with Crippen molar-refractivity contribution in [3.63, 3.8) is 0 Å². The predicted octanol–water partition coefficient (Wildman–Crippen LogP) is 5.35. The lowest BCUT2D eigenvalue weighted by Gasteiger charge is -2.25. The number of anilines is 1. The fourth-order valence-electron chi connectivity index (χ4n) is 5.66. The Labute approximate surface area is 229 Å². The van der Waals surface area contributed by atoms with Crippen LogP contribution in [0.2, 0.25) is 0 Å². The first-order valence-corrected chi connectivity index (χ1v) is 14.7. The largest absolute Gasteiger partial charge is 0.352 e. The van der Waals surface area contributed by atoms with Crippen molar-refractivity contribution in [2.24, 2.45) is 0 Å². The molecule has 3 saturated heterocycles. The lowest BCUT2D eigenvalue weighted by atomic mass is 10.0. The smallest absolute Gasteiger partial charge is 0.351 e. The normalized spacial score (nSPS) is 28.5. The number of hydrogen-bond acceptors (Lipinski definition) is 7. The minimum Gasteiger partial charge on any atom is -0.352 e. The lowest BCUT2D eigenvalue weighted by molar-refractivity contribution is -0.0189. The van der Waals surface area contributed by atoms with Crippen LogP contribution in [0.5, 0.6) is 0 Å². The molecule has 1 unspecified atom stereocenters. The number of nitrogens with zero attached hydrogens (tertiary/aromatic N) is 3. The lowest BCUT2D eigenvalue weighted by Crippen LogP contribution is -2.29. The van der Waals surface area contributed by atoms with Crippen LogP contribution >= 0.6 is 8.53 Å². The average Bonchev–Trinajstić information content (AvgIpc) is 3.68. The number of carbonyl (C=O) groups is 1. The minimum absolute atomic E-state index is 0.00566. The third kappa shape index (κ3) is 5.30. The molecule has 0 aliphatic carbocycles. The van der Waals surface area contributed by atoms with Crippen molar-refractivity contribution in [2.45, 2.75) is 70.1 Å². The first-order valence-electron chi connectivity index (χ1n) is 13.6. The third-order valence-electron chi connectivity index (χ3n) is 7.68. The molecule has 0 spiro atoms. The van der Waals surface area contributed by atoms with E-state index >= 15 is 0 Å². The van der Waals surface area contributed by atoms with Gasteiger partial charge in [-0.2, -0.15) is 4.98 Å². The van der Waals surface area contributed by atoms with E-state index in [1.807, 2.05) is 31.2 Å². The molecular formula is C29H33N4O5P. The number of rotatable bonds is 7. The second kappa shape index (κ2) is 11.3. The predicted molar refractivity (Wildman–Crippen MR) is 148 cm³/mol. The summed E-state index contributed by atoms with van der Waals surface area (Å²) in [6.45, 7) is 4.84. The molecule has 39 heavy (non-hydrogen) atoms. The van der Waals surface area contributed by atoms with Crippen LogP contribution in [-0.4, -0.2) is 44.9 Å². The van der Waals surface area contributed by atoms with Crippen LogP contribution in [0.15, 0.2) is 71.7 Å². The van der Waals surface area contributed by atoms with Crippen molar-refractivity contribution in [3.05, 3.63) is 94.0 Å². The van der Waals surface area contributed by atoms with Crippen LogP contribution in [0.3, 0.4) is 0 Å². The topological polar surface area (TPSA) is 94.9 Å². The molecule has 4 heterocycles. The van der Waals surface area contributed by atoms with Gasteiger partial charge in [-0.15, -0.1) is 0 Å². The van der Waals surface area contributed by atoms with E-state index in [4.69, 9.17) is 13.8 Å². The van der Waals surface area contributed by atoms with E-state index in [0.717, 1.165) is 25.8 Å². The van der Waals surface area contributed by atoms with E-state index in [0.29, 0.717) is 23.6 Å². The number of fused-ring (bicyclic) bond motifs is 1. The van der Waals surface area contributed by atoms with Crippen molar-refractivity contribution in [3.8, 4) is 0 Å². The average molecular weight is 549 g/mol. The standard InChI is InChI=1S/C29H33N4O5P/c1-3-23-24(37-39-33-16-10-15-22(33)26(38-39)20-11-6-4-7-12-20)17-25(36-23)32-18-19(2)27(31-29(32)35)30-28(34)21-13-8-5-9-14-21/h4-9,11-14,18,22-26H,3,10,15-17H2,1-2H3,(H,30,31,34,35)/t22-,23+,24?,25+,26+,39-/m0/s1. The zero-order valence-electron chi connectivity index (χ0n) is 22.1. The minimum atomic E-state index is -1.23. The highest BCUT2D eigenvalue weighted by atomic mass is 31.2. The summed E-state index contributed by atoms with van der Waals surface area (Å²) in [5.41, 5.74) is 1.88. The van der Waals surface area contributed by atoms with Crippen molar-refractivity contribution < 1.29 is 18.6 Å². The Morgan fingerprint density at radius 3 is 2.64 bits per heavy atom. The summed E-state index contributed by atoms with van der Waals surface area (Å²) in [6.07, 6.45) is 4.34. The van der Waals surface area contributed by atoms with Gasteiger partial charge in [0.25, 0.3) is 14.4 Å². The number of hydrogen-bond donors (Lipinski definition) is 1. The molecule has 6 atom stereocenters. The third-order valence-corrected chi connectivity index (χ3v) is 9.46. The summed E-state index contributed by atoms with van der Waals surface area (Å²) < 4.78 is 23.4. The molecule has 0 radical (unpaired) electrons. The van der Waals surface area contributed by atoms with Gasteiger partial charge in [0, 0.05) is 36.3 Å². The molecule has 1 N–H and O–H groups in total. The molecule has 204 valence electrons. The van der Waals surface area contributed by atoms with E-state index in [2.05, 4.69) is 34.0 Å². The van der Waals surface area contributed by atoms with Crippen LogP contribution < -0.4 is 11.0 Å². The van der Waals surface area contributed by atoms with E-state index in [9.17, 15) is 9.59 Å². The number of benzene rings is 2. The highest BCUT2D eigenvalue weighted by molar-refractivity contribution is 7.44. The van der Waals surface area contributed by atoms with E-state index in [1.54, 1.807) is 30.5 Å². The van der Waals surface area contributed by atoms with E-state index in [1.165, 1.54) is 10.1 Å². The summed E-state index contributed by atoms with van der Waals surface area (Å²) in [5.74, 6) is -0.0642. The molecule has 6 rings (SSSR count). The molecule has 3 aliphatic heterocycles. The Balaban J connectivity index is 1.16. The second-order valence-corrected chi connectivity index (χ2v) is 11.7. The first kappa shape index (κ1) is 26.3. The Morgan fingerprint density at radius 1 is 1.15 bits per heavy atom. The quantitative estimate of drug-likeness (QED) is 0.398. The van der Waals surface area contributed by atoms with Gasteiger partial charge in [-0.1, -0.05) is 55.5 Å². The maximum Gasteiger partial charge on any atom is 0.351 e.